The molecule has 0 amide bonds. The fourth-order valence-electron chi connectivity index (χ4n) is 11.4. The maximum absolute atomic E-state index is 14.5. The molecule has 1 aromatic carbocycles. The molecule has 0 unspecified atom stereocenters. The molecule has 466 valence electrons. The quantitative estimate of drug-likeness (QED) is 0.0834. The number of aryl methyl sites for hydroxylation is 2. The summed E-state index contributed by atoms with van der Waals surface area (Å²) in [6.07, 6.45) is 24.8. The Labute approximate surface area is 520 Å². The van der Waals surface area contributed by atoms with Gasteiger partial charge in [-0.1, -0.05) is 41.5 Å². The van der Waals surface area contributed by atoms with Gasteiger partial charge in [0.2, 0.25) is 17.8 Å². The van der Waals surface area contributed by atoms with E-state index in [0.717, 1.165) is 64.2 Å². The van der Waals surface area contributed by atoms with Crippen molar-refractivity contribution in [1.29, 1.82) is 0 Å². The number of pyridine rings is 3. The van der Waals surface area contributed by atoms with E-state index < -0.39 is 5.82 Å². The summed E-state index contributed by atoms with van der Waals surface area (Å²) >= 11 is 0. The largest absolute Gasteiger partial charge is 0.506 e. The van der Waals surface area contributed by atoms with Crippen molar-refractivity contribution in [1.82, 2.24) is 95.2 Å². The third-order valence-corrected chi connectivity index (χ3v) is 16.7. The first-order chi connectivity index (χ1) is 43.5. The minimum absolute atomic E-state index is 0.0123. The number of benzene rings is 1. The molecule has 12 heterocycles. The summed E-state index contributed by atoms with van der Waals surface area (Å²) in [5, 5.41) is 72.9. The topological polar surface area (TPSA) is 311 Å². The molecule has 3 atom stereocenters. The molecule has 4 N–H and O–H groups in total. The van der Waals surface area contributed by atoms with Crippen molar-refractivity contribution < 1.29 is 19.7 Å². The van der Waals surface area contributed by atoms with E-state index in [1.165, 1.54) is 36.2 Å². The minimum atomic E-state index is -0.422. The van der Waals surface area contributed by atoms with Crippen LogP contribution in [0, 0.1) is 48.2 Å². The third kappa shape index (κ3) is 14.6. The fraction of sp³-hybridized carbons (Fsp3) is 0.413. The molecular weight excluding hydrogens is 1150 g/mol. The van der Waals surface area contributed by atoms with Gasteiger partial charge in [0.15, 0.2) is 5.82 Å². The summed E-state index contributed by atoms with van der Waals surface area (Å²) in [6, 6.07) is 7.87. The number of nitrogens with zero attached hydrogens (tertiary/aromatic N) is 22. The average Bonchev–Trinajstić information content (AvgIpc) is 1.56. The lowest BCUT2D eigenvalue weighted by Gasteiger charge is -2.34. The molecule has 9 aromatic heterocycles. The number of halogens is 1. The van der Waals surface area contributed by atoms with Crippen molar-refractivity contribution in [2.24, 2.45) is 42.6 Å². The first-order valence-electron chi connectivity index (χ1n) is 30.5. The monoisotopic (exact) mass is 1220 g/mol. The van der Waals surface area contributed by atoms with Gasteiger partial charge in [0, 0.05) is 81.8 Å². The molecule has 3 aliphatic rings. The molecule has 90 heavy (non-hydrogen) atoms. The number of fused-ring (bicyclic) bond motifs is 1. The van der Waals surface area contributed by atoms with Crippen LogP contribution in [-0.2, 0) is 7.05 Å². The van der Waals surface area contributed by atoms with Crippen LogP contribution in [0.25, 0.3) is 61.9 Å². The predicted octanol–water partition coefficient (Wildman–Crippen LogP) is 9.65. The minimum Gasteiger partial charge on any atom is -0.506 e. The Balaban J connectivity index is 0.000000140. The Morgan fingerprint density at radius 3 is 1.44 bits per heavy atom. The maximum Gasteiger partial charge on any atom is 0.245 e. The summed E-state index contributed by atoms with van der Waals surface area (Å²) in [7, 11) is 1.75. The van der Waals surface area contributed by atoms with E-state index in [-0.39, 0.29) is 22.9 Å². The van der Waals surface area contributed by atoms with Crippen LogP contribution < -0.4 is 20.0 Å². The van der Waals surface area contributed by atoms with Crippen molar-refractivity contribution in [2.45, 2.75) is 87.0 Å². The molecular formula is C63H74FN23O3. The first-order valence-corrected chi connectivity index (χ1v) is 30.5. The number of hydrogen-bond acceptors (Lipinski definition) is 24. The zero-order valence-corrected chi connectivity index (χ0v) is 51.7. The molecule has 3 saturated heterocycles. The smallest absolute Gasteiger partial charge is 0.245 e. The van der Waals surface area contributed by atoms with Crippen LogP contribution in [0.4, 0.5) is 33.7 Å². The second-order valence-corrected chi connectivity index (χ2v) is 24.1. The van der Waals surface area contributed by atoms with Gasteiger partial charge in [0.05, 0.1) is 67.2 Å². The second-order valence-electron chi connectivity index (χ2n) is 24.1. The fourth-order valence-corrected chi connectivity index (χ4v) is 11.4. The van der Waals surface area contributed by atoms with Crippen molar-refractivity contribution in [3.8, 4) is 68.2 Å². The highest BCUT2D eigenvalue weighted by atomic mass is 19.1. The SMILES string of the molecule is CC(C)[C@@H]1CCCN(c2ncc(-c3ncc(-c4cc(F)c5nn(C)cc5c4)cc3O)nn2)C1.CC(C)[C@@H]1CCCN(c2ncc(-c3ncc(-n4nccn4)cc3O)nn2)C1.Cc1cnc(Nc2cnc(-c3cnc(N4CCC[C@@H](C(C)C)C4)nn3)c(O)c2)cn1. The lowest BCUT2D eigenvalue weighted by atomic mass is 9.88. The Kier molecular flexibility index (Phi) is 18.8. The Hall–Kier alpha value is -10.1. The summed E-state index contributed by atoms with van der Waals surface area (Å²) < 4.78 is 16.0. The van der Waals surface area contributed by atoms with E-state index in [1.807, 2.05) is 13.0 Å². The van der Waals surface area contributed by atoms with Crippen LogP contribution in [0.3, 0.4) is 0 Å². The highest BCUT2D eigenvalue weighted by Crippen LogP contribution is 2.35. The molecule has 0 spiro atoms. The third-order valence-electron chi connectivity index (χ3n) is 16.7. The van der Waals surface area contributed by atoms with Gasteiger partial charge >= 0.3 is 0 Å². The van der Waals surface area contributed by atoms with Crippen LogP contribution >= 0.6 is 0 Å². The predicted molar refractivity (Wildman–Crippen MR) is 338 cm³/mol. The highest BCUT2D eigenvalue weighted by molar-refractivity contribution is 5.85. The number of rotatable bonds is 13. The first kappa shape index (κ1) is 61.6. The molecule has 0 radical (unpaired) electrons. The lowest BCUT2D eigenvalue weighted by molar-refractivity contribution is 0.319. The van der Waals surface area contributed by atoms with Crippen molar-refractivity contribution >= 4 is 40.3 Å². The molecule has 27 heteroatoms. The van der Waals surface area contributed by atoms with E-state index in [2.05, 4.69) is 147 Å². The Bertz CT molecular complexity index is 4010. The highest BCUT2D eigenvalue weighted by Gasteiger charge is 2.28. The molecule has 10 aromatic rings. The molecule has 0 aliphatic carbocycles. The van der Waals surface area contributed by atoms with Gasteiger partial charge in [-0.15, -0.1) is 35.4 Å². The molecule has 3 fully saturated rings. The van der Waals surface area contributed by atoms with Crippen molar-refractivity contribution in [2.75, 3.05) is 59.3 Å². The van der Waals surface area contributed by atoms with Gasteiger partial charge in [-0.3, -0.25) is 9.67 Å². The van der Waals surface area contributed by atoms with Crippen LogP contribution in [-0.4, -0.2) is 150 Å². The molecule has 26 nitrogen and oxygen atoms in total. The lowest BCUT2D eigenvalue weighted by Crippen LogP contribution is -2.38. The van der Waals surface area contributed by atoms with Gasteiger partial charge in [-0.05, 0) is 105 Å². The van der Waals surface area contributed by atoms with Crippen molar-refractivity contribution in [3.05, 3.63) is 110 Å². The van der Waals surface area contributed by atoms with Crippen LogP contribution in [0.15, 0.2) is 98.5 Å². The van der Waals surface area contributed by atoms with Crippen molar-refractivity contribution in [3.63, 3.8) is 0 Å². The number of nitrogens with one attached hydrogen (secondary N) is 1. The van der Waals surface area contributed by atoms with Crippen LogP contribution in [0.1, 0.15) is 85.8 Å². The van der Waals surface area contributed by atoms with Crippen LogP contribution in [0.5, 0.6) is 17.2 Å². The molecule has 0 saturated carbocycles. The number of anilines is 5. The number of aromatic nitrogens is 19. The molecule has 0 bridgehead atoms. The van der Waals surface area contributed by atoms with Gasteiger partial charge in [-0.25, -0.2) is 39.3 Å². The van der Waals surface area contributed by atoms with E-state index >= 15 is 0 Å². The molecule has 3 aliphatic heterocycles. The number of hydrogen-bond donors (Lipinski definition) is 4. The Morgan fingerprint density at radius 1 is 0.511 bits per heavy atom. The van der Waals surface area contributed by atoms with E-state index in [0.29, 0.717) is 121 Å². The number of piperidine rings is 3. The summed E-state index contributed by atoms with van der Waals surface area (Å²) in [5.41, 5.74) is 5.67. The van der Waals surface area contributed by atoms with Gasteiger partial charge in [-0.2, -0.15) is 15.3 Å². The normalized spacial score (nSPS) is 16.9. The van der Waals surface area contributed by atoms with Gasteiger partial charge < -0.3 is 35.3 Å². The summed E-state index contributed by atoms with van der Waals surface area (Å²) in [5.74, 6) is 5.71. The zero-order chi connectivity index (χ0) is 63.0. The molecule has 13 rings (SSSR count). The maximum atomic E-state index is 14.5. The summed E-state index contributed by atoms with van der Waals surface area (Å²) in [4.78, 5) is 42.7. The van der Waals surface area contributed by atoms with Gasteiger partial charge in [0.25, 0.3) is 0 Å². The second kappa shape index (κ2) is 27.5. The number of aromatic hydroxyl groups is 3. The summed E-state index contributed by atoms with van der Waals surface area (Å²) in [6.45, 7) is 21.0. The van der Waals surface area contributed by atoms with E-state index in [4.69, 9.17) is 0 Å². The van der Waals surface area contributed by atoms with Crippen LogP contribution in [0.2, 0.25) is 0 Å². The average molecular weight is 1220 g/mol. The van der Waals surface area contributed by atoms with E-state index in [9.17, 15) is 19.7 Å². The van der Waals surface area contributed by atoms with E-state index in [1.54, 1.807) is 92.0 Å². The standard InChI is InChI=1S/C24H26FN7O.C21H26N8O.C18H22N8O/c1-14(2)15-5-4-6-32(13-15)24-27-11-20(28-29-24)23-21(33)9-17(10-26-23)16-7-18-12-31(3)30-22(18)19(25)8-16;1-13(2)15-5-4-6-29(12-15)21-25-10-17(27-28-21)20-18(30)7-16(9-24-20)26-19-11-22-14(3)8-23-19;1-12(2)13-4-3-7-25(11-13)18-20-10-15(23-24-18)17-16(27)8-14(9-19-17)26-21-5-6-22-26/h7-12,14-15,33H,4-6,13H2,1-3H3;7-11,13,15,30H,4-6,12H2,1-3H3,(H,23,26);5-6,8-10,12-13,27H,3-4,7,11H2,1-2H3/t2*15-;13-/m111/s1. The zero-order valence-electron chi connectivity index (χ0n) is 51.7. The Morgan fingerprint density at radius 2 is 1.00 bits per heavy atom. The van der Waals surface area contributed by atoms with Gasteiger partial charge in [0.1, 0.15) is 68.4 Å².